The van der Waals surface area contributed by atoms with E-state index in [1.807, 2.05) is 12.1 Å². The van der Waals surface area contributed by atoms with Gasteiger partial charge in [-0.05, 0) is 18.9 Å². The molecular weight excluding hydrogens is 324 g/mol. The first-order valence-electron chi connectivity index (χ1n) is 8.29. The largest absolute Gasteiger partial charge is 0.491 e. The maximum absolute atomic E-state index is 10.6. The smallest absolute Gasteiger partial charge is 0.404 e. The normalized spacial score (nSPS) is 15.9. The molecule has 0 saturated carbocycles. The molecule has 1 fully saturated rings. The Bertz CT molecular complexity index is 732. The predicted octanol–water partition coefficient (Wildman–Crippen LogP) is 1.75. The summed E-state index contributed by atoms with van der Waals surface area (Å²) in [7, 11) is 1.58. The lowest BCUT2D eigenvalue weighted by Crippen LogP contribution is -2.45. The van der Waals surface area contributed by atoms with E-state index < -0.39 is 6.09 Å². The lowest BCUT2D eigenvalue weighted by atomic mass is 10.1. The highest BCUT2D eigenvalue weighted by Crippen LogP contribution is 2.19. The molecule has 2 aromatic heterocycles. The zero-order valence-electron chi connectivity index (χ0n) is 14.1. The second-order valence-electron chi connectivity index (χ2n) is 5.98. The summed E-state index contributed by atoms with van der Waals surface area (Å²) in [6.45, 7) is 3.07. The van der Waals surface area contributed by atoms with E-state index in [9.17, 15) is 4.79 Å². The second kappa shape index (κ2) is 7.98. The summed E-state index contributed by atoms with van der Waals surface area (Å²) >= 11 is 0. The van der Waals surface area contributed by atoms with E-state index in [1.54, 1.807) is 19.4 Å². The lowest BCUT2D eigenvalue weighted by molar-refractivity contribution is 0.153. The van der Waals surface area contributed by atoms with Crippen LogP contribution in [0.3, 0.4) is 0 Å². The number of hydrogen-bond acceptors (Lipinski definition) is 6. The van der Waals surface area contributed by atoms with Crippen molar-refractivity contribution in [1.29, 1.82) is 0 Å². The zero-order valence-corrected chi connectivity index (χ0v) is 14.1. The van der Waals surface area contributed by atoms with Crippen LogP contribution in [0.2, 0.25) is 0 Å². The molecule has 2 N–H and O–H groups in total. The van der Waals surface area contributed by atoms with Crippen molar-refractivity contribution in [2.45, 2.75) is 18.9 Å². The number of carbonyl (C=O) groups is 1. The first-order valence-corrected chi connectivity index (χ1v) is 8.29. The molecule has 1 aliphatic heterocycles. The van der Waals surface area contributed by atoms with Gasteiger partial charge in [-0.15, -0.1) is 0 Å². The molecule has 2 aromatic rings. The van der Waals surface area contributed by atoms with Crippen LogP contribution in [0.25, 0.3) is 11.0 Å². The number of ether oxygens (including phenoxy) is 2. The van der Waals surface area contributed by atoms with Crippen LogP contribution < -0.4 is 14.8 Å². The highest BCUT2D eigenvalue weighted by Gasteiger charge is 2.20. The number of likely N-dealkylation sites (tertiary alicyclic amines) is 1. The first kappa shape index (κ1) is 17.2. The van der Waals surface area contributed by atoms with Crippen LogP contribution in [0.4, 0.5) is 4.79 Å². The number of fused-ring (bicyclic) bond motifs is 1. The van der Waals surface area contributed by atoms with Gasteiger partial charge in [0.25, 0.3) is 0 Å². The van der Waals surface area contributed by atoms with Crippen molar-refractivity contribution in [2.24, 2.45) is 0 Å². The van der Waals surface area contributed by atoms with E-state index in [0.29, 0.717) is 18.2 Å². The van der Waals surface area contributed by atoms with Crippen LogP contribution in [-0.2, 0) is 0 Å². The molecule has 3 rings (SSSR count). The van der Waals surface area contributed by atoms with Crippen LogP contribution in [0.5, 0.6) is 11.6 Å². The Morgan fingerprint density at radius 3 is 2.88 bits per heavy atom. The number of pyridine rings is 2. The molecule has 8 nitrogen and oxygen atoms in total. The number of nitrogens with zero attached hydrogens (tertiary/aromatic N) is 3. The Kier molecular flexibility index (Phi) is 5.49. The van der Waals surface area contributed by atoms with Crippen LogP contribution >= 0.6 is 0 Å². The summed E-state index contributed by atoms with van der Waals surface area (Å²) in [5, 5.41) is 11.3. The number of aromatic nitrogens is 2. The fourth-order valence-electron chi connectivity index (χ4n) is 2.93. The molecule has 0 bridgehead atoms. The van der Waals surface area contributed by atoms with Crippen molar-refractivity contribution in [3.8, 4) is 11.6 Å². The molecule has 1 saturated heterocycles. The maximum atomic E-state index is 10.6. The van der Waals surface area contributed by atoms with Crippen molar-refractivity contribution in [3.05, 3.63) is 24.4 Å². The maximum Gasteiger partial charge on any atom is 0.404 e. The third kappa shape index (κ3) is 4.69. The van der Waals surface area contributed by atoms with E-state index >= 15 is 0 Å². The Labute approximate surface area is 145 Å². The Hall–Kier alpha value is -2.61. The molecule has 1 amide bonds. The number of hydrogen-bond donors (Lipinski definition) is 2. The van der Waals surface area contributed by atoms with Gasteiger partial charge in [0.15, 0.2) is 0 Å². The summed E-state index contributed by atoms with van der Waals surface area (Å²) < 4.78 is 10.9. The third-order valence-corrected chi connectivity index (χ3v) is 4.29. The van der Waals surface area contributed by atoms with E-state index in [4.69, 9.17) is 14.6 Å². The average molecular weight is 346 g/mol. The summed E-state index contributed by atoms with van der Waals surface area (Å²) in [6.07, 6.45) is 2.40. The molecule has 0 radical (unpaired) electrons. The van der Waals surface area contributed by atoms with Crippen molar-refractivity contribution in [2.75, 3.05) is 33.4 Å². The van der Waals surface area contributed by atoms with Gasteiger partial charge >= 0.3 is 6.09 Å². The Morgan fingerprint density at radius 1 is 1.36 bits per heavy atom. The minimum absolute atomic E-state index is 0.0559. The van der Waals surface area contributed by atoms with Gasteiger partial charge < -0.3 is 19.9 Å². The van der Waals surface area contributed by atoms with Crippen LogP contribution in [-0.4, -0.2) is 65.5 Å². The molecule has 0 atom stereocenters. The van der Waals surface area contributed by atoms with Gasteiger partial charge in [-0.3, -0.25) is 9.88 Å². The average Bonchev–Trinajstić information content (AvgIpc) is 2.62. The van der Waals surface area contributed by atoms with Gasteiger partial charge in [-0.2, -0.15) is 0 Å². The summed E-state index contributed by atoms with van der Waals surface area (Å²) in [4.78, 5) is 21.6. The highest BCUT2D eigenvalue weighted by atomic mass is 16.5. The van der Waals surface area contributed by atoms with Crippen molar-refractivity contribution in [3.63, 3.8) is 0 Å². The van der Waals surface area contributed by atoms with Gasteiger partial charge in [-0.25, -0.2) is 9.78 Å². The minimum atomic E-state index is -0.948. The molecule has 25 heavy (non-hydrogen) atoms. The van der Waals surface area contributed by atoms with Gasteiger partial charge in [0.1, 0.15) is 12.4 Å². The van der Waals surface area contributed by atoms with Gasteiger partial charge in [0.2, 0.25) is 5.88 Å². The topological polar surface area (TPSA) is 96.8 Å². The zero-order chi connectivity index (χ0) is 17.6. The van der Waals surface area contributed by atoms with E-state index in [0.717, 1.165) is 43.5 Å². The summed E-state index contributed by atoms with van der Waals surface area (Å²) in [5.41, 5.74) is 1.53. The Morgan fingerprint density at radius 2 is 2.16 bits per heavy atom. The highest BCUT2D eigenvalue weighted by molar-refractivity contribution is 5.75. The SMILES string of the molecule is COc1ccc2ncc(OCCN3CCC(NC(=O)O)CC3)cc2n1. The van der Waals surface area contributed by atoms with Gasteiger partial charge in [0.05, 0.1) is 24.3 Å². The van der Waals surface area contributed by atoms with Crippen molar-refractivity contribution >= 4 is 17.1 Å². The predicted molar refractivity (Wildman–Crippen MR) is 92.2 cm³/mol. The number of methoxy groups -OCH3 is 1. The number of piperidine rings is 1. The Balaban J connectivity index is 1.47. The number of nitrogens with one attached hydrogen (secondary N) is 1. The first-order chi connectivity index (χ1) is 12.1. The summed E-state index contributed by atoms with van der Waals surface area (Å²) in [6, 6.07) is 5.55. The second-order valence-corrected chi connectivity index (χ2v) is 5.98. The van der Waals surface area contributed by atoms with Crippen molar-refractivity contribution < 1.29 is 19.4 Å². The molecule has 0 aliphatic carbocycles. The summed E-state index contributed by atoms with van der Waals surface area (Å²) in [5.74, 6) is 1.22. The number of carboxylic acid groups (broad SMARTS) is 1. The molecule has 0 spiro atoms. The molecule has 8 heteroatoms. The number of rotatable bonds is 6. The third-order valence-electron chi connectivity index (χ3n) is 4.29. The lowest BCUT2D eigenvalue weighted by Gasteiger charge is -2.31. The minimum Gasteiger partial charge on any atom is -0.491 e. The molecular formula is C17H22N4O4. The van der Waals surface area contributed by atoms with Gasteiger partial charge in [0, 0.05) is 37.8 Å². The molecule has 0 unspecified atom stereocenters. The molecule has 3 heterocycles. The standard InChI is InChI=1S/C17H22N4O4/c1-24-16-3-2-14-15(20-16)10-13(11-18-14)25-9-8-21-6-4-12(5-7-21)19-17(22)23/h2-3,10-12,19H,4-9H2,1H3,(H,22,23). The molecule has 1 aliphatic rings. The van der Waals surface area contributed by atoms with E-state index in [-0.39, 0.29) is 6.04 Å². The van der Waals surface area contributed by atoms with E-state index in [1.165, 1.54) is 0 Å². The fraction of sp³-hybridized carbons (Fsp3) is 0.471. The number of amides is 1. The molecule has 134 valence electrons. The quantitative estimate of drug-likeness (QED) is 0.822. The van der Waals surface area contributed by atoms with Crippen molar-refractivity contribution in [1.82, 2.24) is 20.2 Å². The van der Waals surface area contributed by atoms with Crippen LogP contribution in [0.1, 0.15) is 12.8 Å². The van der Waals surface area contributed by atoms with Gasteiger partial charge in [-0.1, -0.05) is 0 Å². The van der Waals surface area contributed by atoms with Crippen LogP contribution in [0.15, 0.2) is 24.4 Å². The van der Waals surface area contributed by atoms with E-state index in [2.05, 4.69) is 20.2 Å². The van der Waals surface area contributed by atoms with Crippen LogP contribution in [0, 0.1) is 0 Å². The monoisotopic (exact) mass is 346 g/mol. The fourth-order valence-corrected chi connectivity index (χ4v) is 2.93. The molecule has 0 aromatic carbocycles.